The maximum atomic E-state index is 12.6. The number of anilines is 2. The van der Waals surface area contributed by atoms with Gasteiger partial charge in [0.25, 0.3) is 0 Å². The predicted molar refractivity (Wildman–Crippen MR) is 114 cm³/mol. The Morgan fingerprint density at radius 1 is 1.00 bits per heavy atom. The number of amides is 2. The zero-order valence-corrected chi connectivity index (χ0v) is 16.7. The van der Waals surface area contributed by atoms with E-state index in [1.165, 1.54) is 0 Å². The molecule has 1 N–H and O–H groups in total. The molecule has 2 amide bonds. The van der Waals surface area contributed by atoms with Gasteiger partial charge in [-0.15, -0.1) is 0 Å². The maximum absolute atomic E-state index is 12.6. The second kappa shape index (κ2) is 7.99. The fourth-order valence-electron chi connectivity index (χ4n) is 3.78. The molecule has 156 valence electrons. The molecule has 0 saturated carbocycles. The number of urea groups is 1. The normalized spacial score (nSPS) is 15.5. The summed E-state index contributed by atoms with van der Waals surface area (Å²) >= 11 is 0. The number of benzene rings is 2. The van der Waals surface area contributed by atoms with Gasteiger partial charge in [0, 0.05) is 43.3 Å². The van der Waals surface area contributed by atoms with Crippen molar-refractivity contribution in [3.05, 3.63) is 48.3 Å². The smallest absolute Gasteiger partial charge is 0.321 e. The SMILES string of the molecule is N#Cc1ccc(NC(=O)N2CCN(c3ncnc4cc5c(cc34)OCCO5)CC2)cc1. The predicted octanol–water partition coefficient (Wildman–Crippen LogP) is 2.63. The first-order chi connectivity index (χ1) is 15.2. The number of hydrogen-bond acceptors (Lipinski definition) is 7. The van der Waals surface area contributed by atoms with Crippen LogP contribution in [0.5, 0.6) is 11.5 Å². The minimum atomic E-state index is -0.156. The highest BCUT2D eigenvalue weighted by Gasteiger charge is 2.24. The molecule has 5 rings (SSSR count). The molecule has 9 nitrogen and oxygen atoms in total. The van der Waals surface area contributed by atoms with Crippen LogP contribution in [0.1, 0.15) is 5.56 Å². The number of nitriles is 1. The first-order valence-electron chi connectivity index (χ1n) is 10.1. The summed E-state index contributed by atoms with van der Waals surface area (Å²) in [5.41, 5.74) is 2.03. The largest absolute Gasteiger partial charge is 0.486 e. The molecule has 31 heavy (non-hydrogen) atoms. The second-order valence-corrected chi connectivity index (χ2v) is 7.30. The topological polar surface area (TPSA) is 104 Å². The Morgan fingerprint density at radius 3 is 2.42 bits per heavy atom. The Morgan fingerprint density at radius 2 is 1.71 bits per heavy atom. The molecule has 0 bridgehead atoms. The Hall–Kier alpha value is -4.06. The van der Waals surface area contributed by atoms with E-state index >= 15 is 0 Å². The van der Waals surface area contributed by atoms with E-state index in [0.717, 1.165) is 16.7 Å². The lowest BCUT2D eigenvalue weighted by atomic mass is 10.1. The fraction of sp³-hybridized carbons (Fsp3) is 0.273. The van der Waals surface area contributed by atoms with Gasteiger partial charge < -0.3 is 24.6 Å². The van der Waals surface area contributed by atoms with Crippen molar-refractivity contribution in [2.24, 2.45) is 0 Å². The third kappa shape index (κ3) is 3.75. The van der Waals surface area contributed by atoms with E-state index in [1.54, 1.807) is 35.5 Å². The number of nitrogens with one attached hydrogen (secondary N) is 1. The van der Waals surface area contributed by atoms with Crippen LogP contribution in [0.4, 0.5) is 16.3 Å². The lowest BCUT2D eigenvalue weighted by Gasteiger charge is -2.35. The van der Waals surface area contributed by atoms with E-state index in [0.29, 0.717) is 62.1 Å². The number of hydrogen-bond donors (Lipinski definition) is 1. The number of piperazine rings is 1. The molecule has 0 aliphatic carbocycles. The molecule has 1 aromatic heterocycles. The molecule has 2 aliphatic heterocycles. The van der Waals surface area contributed by atoms with E-state index in [1.807, 2.05) is 12.1 Å². The summed E-state index contributed by atoms with van der Waals surface area (Å²) in [5.74, 6) is 2.23. The molecule has 2 aliphatic rings. The molecular formula is C22H20N6O3. The van der Waals surface area contributed by atoms with Crippen molar-refractivity contribution >= 4 is 28.4 Å². The zero-order valence-electron chi connectivity index (χ0n) is 16.7. The summed E-state index contributed by atoms with van der Waals surface area (Å²) in [6.07, 6.45) is 1.55. The molecule has 9 heteroatoms. The van der Waals surface area contributed by atoms with Crippen LogP contribution >= 0.6 is 0 Å². The van der Waals surface area contributed by atoms with Crippen molar-refractivity contribution in [3.8, 4) is 17.6 Å². The van der Waals surface area contributed by atoms with E-state index in [9.17, 15) is 4.79 Å². The number of rotatable bonds is 2. The van der Waals surface area contributed by atoms with Gasteiger partial charge in [-0.1, -0.05) is 0 Å². The maximum Gasteiger partial charge on any atom is 0.321 e. The summed E-state index contributed by atoms with van der Waals surface area (Å²) in [6.45, 7) is 3.50. The first kappa shape index (κ1) is 18.9. The summed E-state index contributed by atoms with van der Waals surface area (Å²) in [7, 11) is 0. The van der Waals surface area contributed by atoms with Crippen molar-refractivity contribution in [3.63, 3.8) is 0 Å². The highest BCUT2D eigenvalue weighted by Crippen LogP contribution is 2.36. The first-order valence-corrected chi connectivity index (χ1v) is 10.1. The number of carbonyl (C=O) groups is 1. The van der Waals surface area contributed by atoms with Gasteiger partial charge in [-0.25, -0.2) is 14.8 Å². The lowest BCUT2D eigenvalue weighted by Crippen LogP contribution is -2.50. The number of ether oxygens (including phenoxy) is 2. The minimum Gasteiger partial charge on any atom is -0.486 e. The van der Waals surface area contributed by atoms with E-state index < -0.39 is 0 Å². The third-order valence-corrected chi connectivity index (χ3v) is 5.41. The number of nitrogens with zero attached hydrogens (tertiary/aromatic N) is 5. The van der Waals surface area contributed by atoms with Crippen LogP contribution in [0.25, 0.3) is 10.9 Å². The number of carbonyl (C=O) groups excluding carboxylic acids is 1. The van der Waals surface area contributed by atoms with Gasteiger partial charge in [-0.2, -0.15) is 5.26 Å². The molecular weight excluding hydrogens is 396 g/mol. The van der Waals surface area contributed by atoms with Gasteiger partial charge in [0.15, 0.2) is 11.5 Å². The molecule has 3 heterocycles. The average molecular weight is 416 g/mol. The van der Waals surface area contributed by atoms with Crippen molar-refractivity contribution in [2.75, 3.05) is 49.6 Å². The van der Waals surface area contributed by atoms with Gasteiger partial charge in [0.2, 0.25) is 0 Å². The van der Waals surface area contributed by atoms with Crippen LogP contribution in [0.2, 0.25) is 0 Å². The zero-order chi connectivity index (χ0) is 21.2. The van der Waals surface area contributed by atoms with Gasteiger partial charge in [0.1, 0.15) is 25.4 Å². The second-order valence-electron chi connectivity index (χ2n) is 7.30. The molecule has 1 saturated heterocycles. The van der Waals surface area contributed by atoms with Crippen LogP contribution in [-0.2, 0) is 0 Å². The van der Waals surface area contributed by atoms with Crippen molar-refractivity contribution < 1.29 is 14.3 Å². The lowest BCUT2D eigenvalue weighted by molar-refractivity contribution is 0.172. The summed E-state index contributed by atoms with van der Waals surface area (Å²) in [4.78, 5) is 25.4. The minimum absolute atomic E-state index is 0.156. The third-order valence-electron chi connectivity index (χ3n) is 5.41. The average Bonchev–Trinajstić information content (AvgIpc) is 2.83. The Kier molecular flexibility index (Phi) is 4.88. The quantitative estimate of drug-likeness (QED) is 0.685. The van der Waals surface area contributed by atoms with E-state index in [-0.39, 0.29) is 6.03 Å². The fourth-order valence-corrected chi connectivity index (χ4v) is 3.78. The molecule has 0 spiro atoms. The highest BCUT2D eigenvalue weighted by molar-refractivity contribution is 5.92. The van der Waals surface area contributed by atoms with Gasteiger partial charge in [0.05, 0.1) is 17.1 Å². The summed E-state index contributed by atoms with van der Waals surface area (Å²) in [6, 6.07) is 12.6. The van der Waals surface area contributed by atoms with Crippen molar-refractivity contribution in [2.45, 2.75) is 0 Å². The number of fused-ring (bicyclic) bond motifs is 2. The van der Waals surface area contributed by atoms with Crippen LogP contribution in [-0.4, -0.2) is 60.3 Å². The molecule has 1 fully saturated rings. The Bertz CT molecular complexity index is 1170. The molecule has 3 aromatic rings. The van der Waals surface area contributed by atoms with Crippen LogP contribution in [0.15, 0.2) is 42.7 Å². The molecule has 0 unspecified atom stereocenters. The van der Waals surface area contributed by atoms with Crippen molar-refractivity contribution in [1.29, 1.82) is 5.26 Å². The summed E-state index contributed by atoms with van der Waals surface area (Å²) < 4.78 is 11.4. The van der Waals surface area contributed by atoms with Crippen LogP contribution in [0, 0.1) is 11.3 Å². The van der Waals surface area contributed by atoms with Crippen LogP contribution < -0.4 is 19.7 Å². The van der Waals surface area contributed by atoms with E-state index in [4.69, 9.17) is 14.7 Å². The Balaban J connectivity index is 1.28. The van der Waals surface area contributed by atoms with Crippen LogP contribution in [0.3, 0.4) is 0 Å². The number of aromatic nitrogens is 2. The standard InChI is InChI=1S/C22H20N6O3/c23-13-15-1-3-16(4-2-15)26-22(29)28-7-5-27(6-8-28)21-17-11-19-20(31-10-9-30-19)12-18(17)24-14-25-21/h1-4,11-12,14H,5-10H2,(H,26,29). The Labute approximate surface area is 178 Å². The van der Waals surface area contributed by atoms with Gasteiger partial charge in [-0.05, 0) is 30.3 Å². The monoisotopic (exact) mass is 416 g/mol. The molecule has 0 radical (unpaired) electrons. The summed E-state index contributed by atoms with van der Waals surface area (Å²) in [5, 5.41) is 12.7. The molecule has 2 aromatic carbocycles. The van der Waals surface area contributed by atoms with Gasteiger partial charge in [-0.3, -0.25) is 0 Å². The van der Waals surface area contributed by atoms with Crippen molar-refractivity contribution in [1.82, 2.24) is 14.9 Å². The van der Waals surface area contributed by atoms with E-state index in [2.05, 4.69) is 26.3 Å². The van der Waals surface area contributed by atoms with Gasteiger partial charge >= 0.3 is 6.03 Å². The molecule has 0 atom stereocenters. The highest BCUT2D eigenvalue weighted by atomic mass is 16.6.